The van der Waals surface area contributed by atoms with Crippen LogP contribution >= 0.6 is 0 Å². The Morgan fingerprint density at radius 2 is 1.63 bits per heavy atom. The maximum absolute atomic E-state index is 12.9. The van der Waals surface area contributed by atoms with Gasteiger partial charge in [-0.25, -0.2) is 0 Å². The van der Waals surface area contributed by atoms with Crippen molar-refractivity contribution in [2.75, 3.05) is 13.7 Å². The predicted octanol–water partition coefficient (Wildman–Crippen LogP) is 3.32. The largest absolute Gasteiger partial charge is 0.382 e. The number of hydrogen-bond donors (Lipinski definition) is 1. The van der Waals surface area contributed by atoms with Gasteiger partial charge in [0.25, 0.3) is 0 Å². The lowest BCUT2D eigenvalue weighted by Crippen LogP contribution is -2.52. The van der Waals surface area contributed by atoms with Gasteiger partial charge in [0.1, 0.15) is 6.04 Å². The molecule has 2 rings (SSSR count). The summed E-state index contributed by atoms with van der Waals surface area (Å²) in [6, 6.07) is 18.6. The number of ether oxygens (including phenoxy) is 1. The second kappa shape index (κ2) is 10.5. The van der Waals surface area contributed by atoms with Gasteiger partial charge in [0, 0.05) is 20.6 Å². The lowest BCUT2D eigenvalue weighted by atomic mass is 10.0. The molecule has 2 aromatic rings. The van der Waals surface area contributed by atoms with Crippen LogP contribution in [-0.2, 0) is 20.9 Å². The molecule has 0 bridgehead atoms. The number of nitrogens with zero attached hydrogens (tertiary/aromatic N) is 1. The highest BCUT2D eigenvalue weighted by Gasteiger charge is 2.33. The fraction of sp³-hybridized carbons (Fsp3) is 0.364. The Balaban J connectivity index is 2.23. The molecule has 2 amide bonds. The zero-order valence-corrected chi connectivity index (χ0v) is 16.2. The van der Waals surface area contributed by atoms with E-state index in [1.807, 2.05) is 67.6 Å². The summed E-state index contributed by atoms with van der Waals surface area (Å²) >= 11 is 0. The molecule has 0 spiro atoms. The van der Waals surface area contributed by atoms with Crippen LogP contribution in [0.1, 0.15) is 37.4 Å². The van der Waals surface area contributed by atoms with Gasteiger partial charge in [0.05, 0.1) is 12.6 Å². The van der Waals surface area contributed by atoms with E-state index in [2.05, 4.69) is 5.32 Å². The Morgan fingerprint density at radius 1 is 1.04 bits per heavy atom. The smallest absolute Gasteiger partial charge is 0.245 e. The number of carbonyl (C=O) groups excluding carboxylic acids is 2. The molecule has 27 heavy (non-hydrogen) atoms. The van der Waals surface area contributed by atoms with E-state index >= 15 is 0 Å². The van der Waals surface area contributed by atoms with Crippen LogP contribution in [0.2, 0.25) is 0 Å². The van der Waals surface area contributed by atoms with Gasteiger partial charge in [-0.15, -0.1) is 0 Å². The molecule has 2 aromatic carbocycles. The van der Waals surface area contributed by atoms with Crippen molar-refractivity contribution < 1.29 is 14.3 Å². The molecule has 144 valence electrons. The topological polar surface area (TPSA) is 58.6 Å². The standard InChI is InChI=1S/C22H28N2O3/c1-4-20(19-13-9-6-10-14-19)24(17(2)25)21(16-27-3)22(26)23-15-18-11-7-5-8-12-18/h5-14,20-21H,4,15-16H2,1-3H3,(H,23,26)/t20-,21?/m0/s1. The van der Waals surface area contributed by atoms with Crippen LogP contribution in [0.15, 0.2) is 60.7 Å². The average molecular weight is 368 g/mol. The molecule has 0 fully saturated rings. The van der Waals surface area contributed by atoms with Crippen LogP contribution in [-0.4, -0.2) is 36.5 Å². The summed E-state index contributed by atoms with van der Waals surface area (Å²) < 4.78 is 5.28. The fourth-order valence-electron chi connectivity index (χ4n) is 3.27. The minimum Gasteiger partial charge on any atom is -0.382 e. The maximum atomic E-state index is 12.9. The van der Waals surface area contributed by atoms with E-state index in [0.29, 0.717) is 13.0 Å². The van der Waals surface area contributed by atoms with Crippen LogP contribution in [0.25, 0.3) is 0 Å². The van der Waals surface area contributed by atoms with Crippen molar-refractivity contribution in [2.45, 2.75) is 38.9 Å². The number of hydrogen-bond acceptors (Lipinski definition) is 3. The van der Waals surface area contributed by atoms with Gasteiger partial charge in [0.15, 0.2) is 0 Å². The van der Waals surface area contributed by atoms with Crippen LogP contribution in [0, 0.1) is 0 Å². The van der Waals surface area contributed by atoms with Crippen molar-refractivity contribution in [2.24, 2.45) is 0 Å². The molecule has 1 unspecified atom stereocenters. The highest BCUT2D eigenvalue weighted by Crippen LogP contribution is 2.26. The lowest BCUT2D eigenvalue weighted by Gasteiger charge is -2.36. The van der Waals surface area contributed by atoms with Crippen LogP contribution in [0.5, 0.6) is 0 Å². The Bertz CT molecular complexity index is 719. The second-order valence-electron chi connectivity index (χ2n) is 6.44. The Kier molecular flexibility index (Phi) is 8.01. The van der Waals surface area contributed by atoms with Gasteiger partial charge >= 0.3 is 0 Å². The summed E-state index contributed by atoms with van der Waals surface area (Å²) in [5.74, 6) is -0.368. The molecule has 5 heteroatoms. The summed E-state index contributed by atoms with van der Waals surface area (Å²) in [6.45, 7) is 4.06. The molecule has 2 atom stereocenters. The van der Waals surface area contributed by atoms with Crippen molar-refractivity contribution in [1.29, 1.82) is 0 Å². The highest BCUT2D eigenvalue weighted by molar-refractivity contribution is 5.87. The highest BCUT2D eigenvalue weighted by atomic mass is 16.5. The van der Waals surface area contributed by atoms with Gasteiger partial charge in [-0.3, -0.25) is 9.59 Å². The summed E-state index contributed by atoms with van der Waals surface area (Å²) in [7, 11) is 1.54. The first-order valence-electron chi connectivity index (χ1n) is 9.22. The van der Waals surface area contributed by atoms with Crippen molar-refractivity contribution in [1.82, 2.24) is 10.2 Å². The van der Waals surface area contributed by atoms with Crippen LogP contribution in [0.4, 0.5) is 0 Å². The van der Waals surface area contributed by atoms with E-state index in [1.54, 1.807) is 12.0 Å². The quantitative estimate of drug-likeness (QED) is 0.739. The first kappa shape index (κ1) is 20.6. The molecule has 0 aliphatic heterocycles. The third-order valence-electron chi connectivity index (χ3n) is 4.54. The minimum atomic E-state index is -0.693. The third-order valence-corrected chi connectivity index (χ3v) is 4.54. The van der Waals surface area contributed by atoms with Crippen LogP contribution < -0.4 is 5.32 Å². The first-order chi connectivity index (χ1) is 13.1. The van der Waals surface area contributed by atoms with Crippen molar-refractivity contribution in [3.63, 3.8) is 0 Å². The molecule has 0 radical (unpaired) electrons. The monoisotopic (exact) mass is 368 g/mol. The number of rotatable bonds is 9. The molecule has 0 saturated heterocycles. The number of nitrogens with one attached hydrogen (secondary N) is 1. The fourth-order valence-corrected chi connectivity index (χ4v) is 3.27. The van der Waals surface area contributed by atoms with E-state index in [4.69, 9.17) is 4.74 Å². The number of methoxy groups -OCH3 is 1. The normalized spacial score (nSPS) is 12.9. The summed E-state index contributed by atoms with van der Waals surface area (Å²) in [6.07, 6.45) is 0.704. The molecule has 0 aliphatic carbocycles. The van der Waals surface area contributed by atoms with Gasteiger partial charge in [-0.2, -0.15) is 0 Å². The van der Waals surface area contributed by atoms with Crippen molar-refractivity contribution in [3.05, 3.63) is 71.8 Å². The van der Waals surface area contributed by atoms with Crippen LogP contribution in [0.3, 0.4) is 0 Å². The first-order valence-corrected chi connectivity index (χ1v) is 9.22. The van der Waals surface area contributed by atoms with E-state index in [0.717, 1.165) is 11.1 Å². The number of amides is 2. The zero-order valence-electron chi connectivity index (χ0n) is 16.2. The Hall–Kier alpha value is -2.66. The molecule has 0 heterocycles. The third kappa shape index (κ3) is 5.66. The van der Waals surface area contributed by atoms with E-state index in [1.165, 1.54) is 6.92 Å². The average Bonchev–Trinajstić information content (AvgIpc) is 2.70. The summed E-state index contributed by atoms with van der Waals surface area (Å²) in [5.41, 5.74) is 2.01. The predicted molar refractivity (Wildman–Crippen MR) is 106 cm³/mol. The molecule has 1 N–H and O–H groups in total. The van der Waals surface area contributed by atoms with E-state index in [-0.39, 0.29) is 24.5 Å². The molecule has 0 aliphatic rings. The zero-order chi connectivity index (χ0) is 19.6. The second-order valence-corrected chi connectivity index (χ2v) is 6.44. The molecule has 0 saturated carbocycles. The van der Waals surface area contributed by atoms with Gasteiger partial charge in [-0.1, -0.05) is 67.6 Å². The van der Waals surface area contributed by atoms with Crippen molar-refractivity contribution in [3.8, 4) is 0 Å². The van der Waals surface area contributed by atoms with E-state index < -0.39 is 6.04 Å². The molecule has 0 aromatic heterocycles. The minimum absolute atomic E-state index is 0.142. The SMILES string of the molecule is CC[C@@H](c1ccccc1)N(C(C)=O)C(COC)C(=O)NCc1ccccc1. The maximum Gasteiger partial charge on any atom is 0.245 e. The van der Waals surface area contributed by atoms with E-state index in [9.17, 15) is 9.59 Å². The Labute approximate surface area is 161 Å². The molecule has 5 nitrogen and oxygen atoms in total. The van der Waals surface area contributed by atoms with Gasteiger partial charge in [-0.05, 0) is 17.5 Å². The molecular formula is C22H28N2O3. The van der Waals surface area contributed by atoms with Crippen molar-refractivity contribution >= 4 is 11.8 Å². The number of carbonyl (C=O) groups is 2. The van der Waals surface area contributed by atoms with Gasteiger partial charge in [0.2, 0.25) is 11.8 Å². The van der Waals surface area contributed by atoms with Gasteiger partial charge < -0.3 is 15.0 Å². The number of benzene rings is 2. The Morgan fingerprint density at radius 3 is 2.15 bits per heavy atom. The molecular weight excluding hydrogens is 340 g/mol. The summed E-state index contributed by atoms with van der Waals surface area (Å²) in [4.78, 5) is 27.1. The summed E-state index contributed by atoms with van der Waals surface area (Å²) in [5, 5.41) is 2.94. The lowest BCUT2D eigenvalue weighted by molar-refractivity contribution is -0.144.